The third-order valence-electron chi connectivity index (χ3n) is 3.75. The highest BCUT2D eigenvalue weighted by Crippen LogP contribution is 2.32. The number of likely N-dealkylation sites (tertiary alicyclic amines) is 1. The number of alkyl halides is 2. The number of carbonyl (C=O) groups excluding carboxylic acids is 1. The molecule has 0 aromatic heterocycles. The molecule has 5 heteroatoms. The first-order valence-electron chi connectivity index (χ1n) is 6.97. The monoisotopic (exact) mass is 282 g/mol. The quantitative estimate of drug-likeness (QED) is 0.922. The summed E-state index contributed by atoms with van der Waals surface area (Å²) in [7, 11) is 0. The Balaban J connectivity index is 2.28. The predicted octanol–water partition coefficient (Wildman–Crippen LogP) is 3.03. The fourth-order valence-corrected chi connectivity index (χ4v) is 2.75. The third-order valence-corrected chi connectivity index (χ3v) is 3.75. The zero-order chi connectivity index (χ0) is 14.7. The Morgan fingerprint density at radius 1 is 1.35 bits per heavy atom. The molecule has 1 saturated heterocycles. The Bertz CT molecular complexity index is 461. The van der Waals surface area contributed by atoms with E-state index in [2.05, 4.69) is 0 Å². The number of nitrogens with zero attached hydrogens (tertiary/aromatic N) is 1. The van der Waals surface area contributed by atoms with Crippen LogP contribution in [0.4, 0.5) is 8.78 Å². The van der Waals surface area contributed by atoms with E-state index in [1.807, 2.05) is 6.92 Å². The predicted molar refractivity (Wildman–Crippen MR) is 73.4 cm³/mol. The van der Waals surface area contributed by atoms with Crippen molar-refractivity contribution < 1.29 is 13.6 Å². The van der Waals surface area contributed by atoms with E-state index in [-0.39, 0.29) is 23.6 Å². The molecule has 0 radical (unpaired) electrons. The van der Waals surface area contributed by atoms with Crippen molar-refractivity contribution in [2.75, 3.05) is 6.54 Å². The molecule has 1 aromatic carbocycles. The lowest BCUT2D eigenvalue weighted by Gasteiger charge is -2.40. The lowest BCUT2D eigenvalue weighted by atomic mass is 9.90. The molecule has 2 unspecified atom stereocenters. The number of hydrogen-bond acceptors (Lipinski definition) is 2. The van der Waals surface area contributed by atoms with Crippen molar-refractivity contribution in [3.8, 4) is 0 Å². The zero-order valence-corrected chi connectivity index (χ0v) is 11.6. The first kappa shape index (κ1) is 14.9. The van der Waals surface area contributed by atoms with E-state index >= 15 is 0 Å². The second-order valence-corrected chi connectivity index (χ2v) is 5.20. The van der Waals surface area contributed by atoms with E-state index in [4.69, 9.17) is 5.73 Å². The SMILES string of the molecule is CCCN1C(=O)CCC(N)C1c1ccc(C(F)F)cc1. The highest BCUT2D eigenvalue weighted by molar-refractivity contribution is 5.78. The van der Waals surface area contributed by atoms with Gasteiger partial charge in [0.25, 0.3) is 6.43 Å². The molecule has 2 rings (SSSR count). The number of benzene rings is 1. The number of halogens is 2. The van der Waals surface area contributed by atoms with Crippen LogP contribution in [0, 0.1) is 0 Å². The molecule has 0 spiro atoms. The minimum Gasteiger partial charge on any atom is -0.334 e. The minimum atomic E-state index is -2.47. The van der Waals surface area contributed by atoms with Crippen LogP contribution in [0.15, 0.2) is 24.3 Å². The summed E-state index contributed by atoms with van der Waals surface area (Å²) in [5.74, 6) is 0.0940. The van der Waals surface area contributed by atoms with Gasteiger partial charge in [0.1, 0.15) is 0 Å². The number of amides is 1. The van der Waals surface area contributed by atoms with Crippen molar-refractivity contribution in [2.24, 2.45) is 5.73 Å². The minimum absolute atomic E-state index is 0.00787. The first-order chi connectivity index (χ1) is 9.54. The van der Waals surface area contributed by atoms with Crippen molar-refractivity contribution in [3.63, 3.8) is 0 Å². The number of rotatable bonds is 4. The molecule has 0 saturated carbocycles. The second kappa shape index (κ2) is 6.31. The third kappa shape index (κ3) is 2.98. The molecule has 0 aliphatic carbocycles. The summed E-state index contributed by atoms with van der Waals surface area (Å²) in [6.45, 7) is 2.65. The van der Waals surface area contributed by atoms with Gasteiger partial charge in [-0.25, -0.2) is 8.78 Å². The molecule has 2 atom stereocenters. The Morgan fingerprint density at radius 3 is 2.55 bits per heavy atom. The molecule has 1 heterocycles. The fourth-order valence-electron chi connectivity index (χ4n) is 2.75. The summed E-state index contributed by atoms with van der Waals surface area (Å²) in [4.78, 5) is 13.8. The lowest BCUT2D eigenvalue weighted by Crippen LogP contribution is -2.49. The van der Waals surface area contributed by atoms with E-state index in [0.717, 1.165) is 12.0 Å². The summed E-state index contributed by atoms with van der Waals surface area (Å²) >= 11 is 0. The molecule has 20 heavy (non-hydrogen) atoms. The maximum atomic E-state index is 12.6. The standard InChI is InChI=1S/C15H20F2N2O/c1-2-9-19-13(20)8-7-12(18)14(19)10-3-5-11(6-4-10)15(16)17/h3-6,12,14-15H,2,7-9,18H2,1H3. The Hall–Kier alpha value is -1.49. The van der Waals surface area contributed by atoms with Crippen molar-refractivity contribution >= 4 is 5.91 Å². The van der Waals surface area contributed by atoms with Crippen LogP contribution in [0.25, 0.3) is 0 Å². The highest BCUT2D eigenvalue weighted by atomic mass is 19.3. The maximum Gasteiger partial charge on any atom is 0.263 e. The molecular formula is C15H20F2N2O. The molecule has 1 fully saturated rings. The van der Waals surface area contributed by atoms with Gasteiger partial charge in [0.15, 0.2) is 0 Å². The van der Waals surface area contributed by atoms with Gasteiger partial charge in [-0.2, -0.15) is 0 Å². The van der Waals surface area contributed by atoms with E-state index < -0.39 is 6.43 Å². The summed E-state index contributed by atoms with van der Waals surface area (Å²) in [6.07, 6.45) is -0.519. The van der Waals surface area contributed by atoms with Gasteiger partial charge in [-0.1, -0.05) is 31.2 Å². The van der Waals surface area contributed by atoms with Gasteiger partial charge in [0.05, 0.1) is 6.04 Å². The summed E-state index contributed by atoms with van der Waals surface area (Å²) < 4.78 is 25.2. The number of hydrogen-bond donors (Lipinski definition) is 1. The molecule has 3 nitrogen and oxygen atoms in total. The highest BCUT2D eigenvalue weighted by Gasteiger charge is 2.34. The van der Waals surface area contributed by atoms with Gasteiger partial charge in [0, 0.05) is 24.6 Å². The Morgan fingerprint density at radius 2 is 2.00 bits per heavy atom. The van der Waals surface area contributed by atoms with E-state index in [9.17, 15) is 13.6 Å². The van der Waals surface area contributed by atoms with Gasteiger partial charge in [-0.15, -0.1) is 0 Å². The molecular weight excluding hydrogens is 262 g/mol. The lowest BCUT2D eigenvalue weighted by molar-refractivity contribution is -0.137. The van der Waals surface area contributed by atoms with Gasteiger partial charge < -0.3 is 10.6 Å². The van der Waals surface area contributed by atoms with Crippen molar-refractivity contribution in [3.05, 3.63) is 35.4 Å². The van der Waals surface area contributed by atoms with Crippen molar-refractivity contribution in [2.45, 2.75) is 44.7 Å². The summed E-state index contributed by atoms with van der Waals surface area (Å²) in [5, 5.41) is 0. The molecule has 1 aromatic rings. The second-order valence-electron chi connectivity index (χ2n) is 5.20. The summed E-state index contributed by atoms with van der Waals surface area (Å²) in [6, 6.07) is 5.80. The number of piperidine rings is 1. The van der Waals surface area contributed by atoms with Crippen LogP contribution in [-0.4, -0.2) is 23.4 Å². The average molecular weight is 282 g/mol. The van der Waals surface area contributed by atoms with Gasteiger partial charge in [-0.05, 0) is 18.4 Å². The number of nitrogens with two attached hydrogens (primary N) is 1. The molecule has 1 aliphatic heterocycles. The van der Waals surface area contributed by atoms with Crippen LogP contribution in [0.1, 0.15) is 49.8 Å². The normalized spacial score (nSPS) is 23.4. The maximum absolute atomic E-state index is 12.6. The largest absolute Gasteiger partial charge is 0.334 e. The van der Waals surface area contributed by atoms with Crippen LogP contribution in [-0.2, 0) is 4.79 Å². The average Bonchev–Trinajstić information content (AvgIpc) is 2.43. The first-order valence-corrected chi connectivity index (χ1v) is 6.97. The topological polar surface area (TPSA) is 46.3 Å². The Labute approximate surface area is 117 Å². The van der Waals surface area contributed by atoms with Crippen LogP contribution in [0.2, 0.25) is 0 Å². The molecule has 0 bridgehead atoms. The van der Waals surface area contributed by atoms with Crippen LogP contribution >= 0.6 is 0 Å². The van der Waals surface area contributed by atoms with Crippen molar-refractivity contribution in [1.82, 2.24) is 4.90 Å². The Kier molecular flexibility index (Phi) is 4.70. The molecule has 110 valence electrons. The molecule has 2 N–H and O–H groups in total. The number of carbonyl (C=O) groups is 1. The van der Waals surface area contributed by atoms with Crippen LogP contribution in [0.3, 0.4) is 0 Å². The van der Waals surface area contributed by atoms with Crippen LogP contribution < -0.4 is 5.73 Å². The van der Waals surface area contributed by atoms with E-state index in [0.29, 0.717) is 19.4 Å². The molecule has 1 aliphatic rings. The molecule has 1 amide bonds. The van der Waals surface area contributed by atoms with Crippen LogP contribution in [0.5, 0.6) is 0 Å². The van der Waals surface area contributed by atoms with Crippen molar-refractivity contribution in [1.29, 1.82) is 0 Å². The fraction of sp³-hybridized carbons (Fsp3) is 0.533. The van der Waals surface area contributed by atoms with E-state index in [1.165, 1.54) is 12.1 Å². The van der Waals surface area contributed by atoms with E-state index in [1.54, 1.807) is 17.0 Å². The smallest absolute Gasteiger partial charge is 0.263 e. The summed E-state index contributed by atoms with van der Waals surface area (Å²) in [5.41, 5.74) is 6.98. The van der Waals surface area contributed by atoms with Gasteiger partial charge >= 0.3 is 0 Å². The van der Waals surface area contributed by atoms with Gasteiger partial charge in [0.2, 0.25) is 5.91 Å². The van der Waals surface area contributed by atoms with Gasteiger partial charge in [-0.3, -0.25) is 4.79 Å². The zero-order valence-electron chi connectivity index (χ0n) is 11.6.